The van der Waals surface area contributed by atoms with Gasteiger partial charge in [-0.15, -0.1) is 0 Å². The highest BCUT2D eigenvalue weighted by Crippen LogP contribution is 2.30. The highest BCUT2D eigenvalue weighted by atomic mass is 79.9. The van der Waals surface area contributed by atoms with Gasteiger partial charge in [-0.2, -0.15) is 5.10 Å². The van der Waals surface area contributed by atoms with Gasteiger partial charge in [0.2, 0.25) is 0 Å². The number of nitrogens with zero attached hydrogens (tertiary/aromatic N) is 1. The van der Waals surface area contributed by atoms with Gasteiger partial charge < -0.3 is 9.84 Å². The molecule has 0 radical (unpaired) electrons. The van der Waals surface area contributed by atoms with E-state index in [0.717, 1.165) is 21.2 Å². The predicted octanol–water partition coefficient (Wildman–Crippen LogP) is 4.88. The standard InChI is InChI=1S/C24H21BrN2O4/c25-20-15-19(17-7-3-1-4-8-17)11-13-22(20)31-16-23(28)27-26-21(12-14-24(29)30)18-9-5-2-6-10-18/h1-11,13,15H,12,14,16H2,(H,27,28)(H,29,30)/b26-21-. The molecule has 0 saturated heterocycles. The molecule has 0 aliphatic rings. The van der Waals surface area contributed by atoms with Gasteiger partial charge >= 0.3 is 5.97 Å². The molecule has 7 heteroatoms. The van der Waals surface area contributed by atoms with Crippen LogP contribution in [0.1, 0.15) is 18.4 Å². The van der Waals surface area contributed by atoms with Crippen molar-refractivity contribution < 1.29 is 19.4 Å². The fourth-order valence-corrected chi connectivity index (χ4v) is 3.35. The Morgan fingerprint density at radius 2 is 1.58 bits per heavy atom. The molecule has 0 atom stereocenters. The number of hydrogen-bond acceptors (Lipinski definition) is 4. The molecule has 0 aromatic heterocycles. The van der Waals surface area contributed by atoms with E-state index in [1.807, 2.05) is 72.8 Å². The van der Waals surface area contributed by atoms with Crippen LogP contribution in [0.2, 0.25) is 0 Å². The number of carboxylic acid groups (broad SMARTS) is 1. The van der Waals surface area contributed by atoms with Crippen LogP contribution in [0.15, 0.2) is 88.4 Å². The highest BCUT2D eigenvalue weighted by molar-refractivity contribution is 9.10. The molecule has 3 aromatic rings. The van der Waals surface area contributed by atoms with Crippen LogP contribution in [0.4, 0.5) is 0 Å². The quantitative estimate of drug-likeness (QED) is 0.337. The zero-order valence-electron chi connectivity index (χ0n) is 16.6. The van der Waals surface area contributed by atoms with Gasteiger partial charge in [0, 0.05) is 6.42 Å². The number of rotatable bonds is 9. The molecule has 0 unspecified atom stereocenters. The molecule has 2 N–H and O–H groups in total. The number of carboxylic acids is 1. The summed E-state index contributed by atoms with van der Waals surface area (Å²) in [5, 5.41) is 13.1. The third-order valence-corrected chi connectivity index (χ3v) is 5.02. The van der Waals surface area contributed by atoms with Crippen molar-refractivity contribution in [2.24, 2.45) is 5.10 Å². The zero-order valence-corrected chi connectivity index (χ0v) is 18.2. The van der Waals surface area contributed by atoms with Crippen LogP contribution in [-0.2, 0) is 9.59 Å². The van der Waals surface area contributed by atoms with Gasteiger partial charge in [0.1, 0.15) is 5.75 Å². The fraction of sp³-hybridized carbons (Fsp3) is 0.125. The van der Waals surface area contributed by atoms with Gasteiger partial charge in [0.25, 0.3) is 5.91 Å². The molecule has 31 heavy (non-hydrogen) atoms. The third-order valence-electron chi connectivity index (χ3n) is 4.40. The Hall–Kier alpha value is -3.45. The summed E-state index contributed by atoms with van der Waals surface area (Å²) in [4.78, 5) is 23.1. The monoisotopic (exact) mass is 480 g/mol. The van der Waals surface area contributed by atoms with Crippen LogP contribution in [0.3, 0.4) is 0 Å². The van der Waals surface area contributed by atoms with E-state index in [4.69, 9.17) is 9.84 Å². The molecular formula is C24H21BrN2O4. The molecule has 0 heterocycles. The van der Waals surface area contributed by atoms with Gasteiger partial charge in [-0.05, 0) is 44.8 Å². The minimum atomic E-state index is -0.929. The van der Waals surface area contributed by atoms with Crippen molar-refractivity contribution in [3.05, 3.63) is 88.9 Å². The lowest BCUT2D eigenvalue weighted by molar-refractivity contribution is -0.136. The van der Waals surface area contributed by atoms with Crippen LogP contribution in [0.5, 0.6) is 5.75 Å². The van der Waals surface area contributed by atoms with Crippen LogP contribution < -0.4 is 10.2 Å². The number of ether oxygens (including phenoxy) is 1. The highest BCUT2D eigenvalue weighted by Gasteiger charge is 2.10. The van der Waals surface area contributed by atoms with Gasteiger partial charge in [-0.25, -0.2) is 5.43 Å². The van der Waals surface area contributed by atoms with Crippen molar-refractivity contribution in [2.75, 3.05) is 6.61 Å². The molecule has 0 fully saturated rings. The van der Waals surface area contributed by atoms with Gasteiger partial charge in [-0.1, -0.05) is 66.7 Å². The molecule has 0 spiro atoms. The Labute approximate surface area is 188 Å². The van der Waals surface area contributed by atoms with Crippen molar-refractivity contribution in [3.8, 4) is 16.9 Å². The number of hydrazone groups is 1. The van der Waals surface area contributed by atoms with E-state index in [-0.39, 0.29) is 19.4 Å². The number of carbonyl (C=O) groups is 2. The molecule has 0 aliphatic heterocycles. The average molecular weight is 481 g/mol. The summed E-state index contributed by atoms with van der Waals surface area (Å²) >= 11 is 3.48. The Morgan fingerprint density at radius 1 is 0.903 bits per heavy atom. The van der Waals surface area contributed by atoms with Crippen LogP contribution in [-0.4, -0.2) is 29.3 Å². The maximum Gasteiger partial charge on any atom is 0.303 e. The molecule has 0 saturated carbocycles. The topological polar surface area (TPSA) is 88.0 Å². The summed E-state index contributed by atoms with van der Waals surface area (Å²) in [5.41, 5.74) is 5.80. The number of hydrogen-bond donors (Lipinski definition) is 2. The Balaban J connectivity index is 1.61. The van der Waals surface area contributed by atoms with Crippen molar-refractivity contribution >= 4 is 33.5 Å². The predicted molar refractivity (Wildman–Crippen MR) is 123 cm³/mol. The average Bonchev–Trinajstić information content (AvgIpc) is 2.79. The molecule has 0 aliphatic carbocycles. The van der Waals surface area contributed by atoms with E-state index in [9.17, 15) is 9.59 Å². The Kier molecular flexibility index (Phi) is 7.95. The molecule has 3 rings (SSSR count). The maximum atomic E-state index is 12.2. The second-order valence-corrected chi connectivity index (χ2v) is 7.51. The van der Waals surface area contributed by atoms with E-state index >= 15 is 0 Å². The van der Waals surface area contributed by atoms with Crippen LogP contribution in [0.25, 0.3) is 11.1 Å². The molecular weight excluding hydrogens is 460 g/mol. The first kappa shape index (κ1) is 22.2. The summed E-state index contributed by atoms with van der Waals surface area (Å²) in [6.45, 7) is -0.228. The van der Waals surface area contributed by atoms with Gasteiger partial charge in [0.15, 0.2) is 6.61 Å². The van der Waals surface area contributed by atoms with Crippen LogP contribution in [0, 0.1) is 0 Å². The number of benzene rings is 3. The minimum absolute atomic E-state index is 0.0825. The molecule has 158 valence electrons. The smallest absolute Gasteiger partial charge is 0.303 e. The normalized spacial score (nSPS) is 11.1. The zero-order chi connectivity index (χ0) is 22.1. The lowest BCUT2D eigenvalue weighted by atomic mass is 10.1. The van der Waals surface area contributed by atoms with Gasteiger partial charge in [0.05, 0.1) is 16.6 Å². The first-order valence-corrected chi connectivity index (χ1v) is 10.4. The number of aliphatic carboxylic acids is 1. The Bertz CT molecular complexity index is 1070. The van der Waals surface area contributed by atoms with Crippen molar-refractivity contribution in [2.45, 2.75) is 12.8 Å². The molecule has 1 amide bonds. The SMILES string of the molecule is O=C(O)CC/C(=N/NC(=O)COc1ccc(-c2ccccc2)cc1Br)c1ccccc1. The summed E-state index contributed by atoms with van der Waals surface area (Å²) in [6, 6.07) is 24.7. The second-order valence-electron chi connectivity index (χ2n) is 6.65. The van der Waals surface area contributed by atoms with E-state index in [0.29, 0.717) is 11.5 Å². The number of carbonyl (C=O) groups excluding carboxylic acids is 1. The summed E-state index contributed by atoms with van der Waals surface area (Å²) in [5.74, 6) is -0.835. The first-order valence-electron chi connectivity index (χ1n) is 9.63. The molecule has 0 bridgehead atoms. The van der Waals surface area contributed by atoms with Crippen LogP contribution >= 0.6 is 15.9 Å². The largest absolute Gasteiger partial charge is 0.483 e. The fourth-order valence-electron chi connectivity index (χ4n) is 2.85. The number of halogens is 1. The summed E-state index contributed by atoms with van der Waals surface area (Å²) in [7, 11) is 0. The molecule has 3 aromatic carbocycles. The summed E-state index contributed by atoms with van der Waals surface area (Å²) < 4.78 is 6.34. The lowest BCUT2D eigenvalue weighted by Gasteiger charge is -2.10. The number of nitrogens with one attached hydrogen (secondary N) is 1. The third kappa shape index (κ3) is 6.79. The van der Waals surface area contributed by atoms with Crippen molar-refractivity contribution in [3.63, 3.8) is 0 Å². The minimum Gasteiger partial charge on any atom is -0.483 e. The van der Waals surface area contributed by atoms with E-state index in [1.54, 1.807) is 6.07 Å². The second kappa shape index (κ2) is 11.1. The van der Waals surface area contributed by atoms with Gasteiger partial charge in [-0.3, -0.25) is 9.59 Å². The van der Waals surface area contributed by atoms with E-state index in [2.05, 4.69) is 26.5 Å². The lowest BCUT2D eigenvalue weighted by Crippen LogP contribution is -2.26. The Morgan fingerprint density at radius 3 is 2.23 bits per heavy atom. The van der Waals surface area contributed by atoms with E-state index < -0.39 is 11.9 Å². The maximum absolute atomic E-state index is 12.2. The summed E-state index contributed by atoms with van der Waals surface area (Å²) in [6.07, 6.45) is 0.119. The first-order chi connectivity index (χ1) is 15.0. The molecule has 6 nitrogen and oxygen atoms in total. The number of amides is 1. The van der Waals surface area contributed by atoms with Crippen molar-refractivity contribution in [1.82, 2.24) is 5.43 Å². The van der Waals surface area contributed by atoms with Crippen molar-refractivity contribution in [1.29, 1.82) is 0 Å². The van der Waals surface area contributed by atoms with E-state index in [1.165, 1.54) is 0 Å².